The molecule has 0 aliphatic carbocycles. The van der Waals surface area contributed by atoms with Gasteiger partial charge in [-0.15, -0.1) is 6.58 Å². The lowest BCUT2D eigenvalue weighted by atomic mass is 10.1. The summed E-state index contributed by atoms with van der Waals surface area (Å²) in [6.07, 6.45) is 1.44. The molecule has 1 atom stereocenters. The molecule has 0 aliphatic rings. The number of rotatable bonds is 11. The summed E-state index contributed by atoms with van der Waals surface area (Å²) in [5.41, 5.74) is 0.0357. The average molecular weight is 385 g/mol. The molecule has 1 N–H and O–H groups in total. The third kappa shape index (κ3) is 13.4. The zero-order valence-corrected chi connectivity index (χ0v) is 18.6. The Kier molecular flexibility index (Phi) is 10.9. The quantitative estimate of drug-likeness (QED) is 0.335. The molecule has 1 unspecified atom stereocenters. The van der Waals surface area contributed by atoms with E-state index >= 15 is 0 Å². The van der Waals surface area contributed by atoms with Gasteiger partial charge in [0.05, 0.1) is 6.54 Å². The van der Waals surface area contributed by atoms with Crippen LogP contribution in [-0.4, -0.2) is 60.3 Å². The summed E-state index contributed by atoms with van der Waals surface area (Å²) in [4.78, 5) is 26.5. The van der Waals surface area contributed by atoms with Gasteiger partial charge in [-0.1, -0.05) is 12.5 Å². The molecule has 0 saturated heterocycles. The molecular weight excluding hydrogens is 344 g/mol. The van der Waals surface area contributed by atoms with Crippen LogP contribution in [0.5, 0.6) is 0 Å². The van der Waals surface area contributed by atoms with E-state index in [9.17, 15) is 9.59 Å². The Morgan fingerprint density at radius 1 is 1.07 bits per heavy atom. The molecule has 0 radical (unpaired) electrons. The van der Waals surface area contributed by atoms with Gasteiger partial charge in [-0.2, -0.15) is 0 Å². The van der Waals surface area contributed by atoms with E-state index in [1.807, 2.05) is 55.4 Å². The van der Waals surface area contributed by atoms with E-state index in [0.717, 1.165) is 12.0 Å². The van der Waals surface area contributed by atoms with E-state index in [2.05, 4.69) is 16.8 Å². The lowest BCUT2D eigenvalue weighted by Gasteiger charge is -2.32. The van der Waals surface area contributed by atoms with Gasteiger partial charge < -0.3 is 14.8 Å². The van der Waals surface area contributed by atoms with Crippen molar-refractivity contribution in [2.24, 2.45) is 0 Å². The maximum absolute atomic E-state index is 12.7. The number of carbonyl (C=O) groups excluding carboxylic acids is 2. The van der Waals surface area contributed by atoms with Gasteiger partial charge in [0.1, 0.15) is 17.2 Å². The fourth-order valence-corrected chi connectivity index (χ4v) is 2.53. The van der Waals surface area contributed by atoms with Crippen LogP contribution in [0.2, 0.25) is 0 Å². The van der Waals surface area contributed by atoms with Crippen molar-refractivity contribution < 1.29 is 19.1 Å². The van der Waals surface area contributed by atoms with Gasteiger partial charge in [0.15, 0.2) is 0 Å². The highest BCUT2D eigenvalue weighted by molar-refractivity contribution is 5.76. The smallest absolute Gasteiger partial charge is 0.323 e. The summed E-state index contributed by atoms with van der Waals surface area (Å²) in [5, 5.41) is 3.09. The van der Waals surface area contributed by atoms with Crippen molar-refractivity contribution in [3.05, 3.63) is 12.2 Å². The molecule has 27 heavy (non-hydrogen) atoms. The van der Waals surface area contributed by atoms with E-state index < -0.39 is 11.2 Å². The number of carbonyl (C=O) groups is 2. The van der Waals surface area contributed by atoms with Crippen LogP contribution in [0.15, 0.2) is 12.2 Å². The van der Waals surface area contributed by atoms with Crippen molar-refractivity contribution in [3.63, 3.8) is 0 Å². The number of allylic oxidation sites excluding steroid dienone is 1. The van der Waals surface area contributed by atoms with Crippen LogP contribution in [0, 0.1) is 0 Å². The molecule has 0 aromatic carbocycles. The largest absolute Gasteiger partial charge is 0.459 e. The summed E-state index contributed by atoms with van der Waals surface area (Å²) in [7, 11) is 0. The second-order valence-electron chi connectivity index (χ2n) is 8.94. The van der Waals surface area contributed by atoms with Gasteiger partial charge in [0.2, 0.25) is 0 Å². The number of hydrogen-bond donors (Lipinski definition) is 1. The SMILES string of the molecule is C=C(C)CCC(C(=O)OC(C)(C)C)N(CC)CCNCC(=O)OC(C)(C)C. The highest BCUT2D eigenvalue weighted by Crippen LogP contribution is 2.17. The second kappa shape index (κ2) is 11.4. The molecule has 0 aliphatic heterocycles. The van der Waals surface area contributed by atoms with Crippen LogP contribution in [0.1, 0.15) is 68.2 Å². The average Bonchev–Trinajstić information content (AvgIpc) is 2.45. The van der Waals surface area contributed by atoms with Gasteiger partial charge in [-0.3, -0.25) is 14.5 Å². The van der Waals surface area contributed by atoms with Gasteiger partial charge in [-0.05, 0) is 67.9 Å². The molecule has 0 amide bonds. The standard InChI is InChI=1S/C21H40N2O4/c1-10-23(14-13-22-15-18(24)26-20(4,5)6)17(12-11-16(2)3)19(25)27-21(7,8)9/h17,22H,2,10-15H2,1,3-9H3. The van der Waals surface area contributed by atoms with E-state index in [1.165, 1.54) is 0 Å². The van der Waals surface area contributed by atoms with Crippen LogP contribution in [0.25, 0.3) is 0 Å². The molecular formula is C21H40N2O4. The normalized spacial score (nSPS) is 13.4. The second-order valence-corrected chi connectivity index (χ2v) is 8.94. The molecule has 0 heterocycles. The number of hydrogen-bond acceptors (Lipinski definition) is 6. The molecule has 158 valence electrons. The predicted molar refractivity (Wildman–Crippen MR) is 110 cm³/mol. The molecule has 0 saturated carbocycles. The third-order valence-electron chi connectivity index (χ3n) is 3.64. The highest BCUT2D eigenvalue weighted by Gasteiger charge is 2.29. The van der Waals surface area contributed by atoms with Crippen molar-refractivity contribution in [2.45, 2.75) is 85.5 Å². The minimum absolute atomic E-state index is 0.150. The van der Waals surface area contributed by atoms with E-state index in [4.69, 9.17) is 9.47 Å². The minimum Gasteiger partial charge on any atom is -0.459 e. The molecule has 0 fully saturated rings. The Hall–Kier alpha value is -1.40. The number of nitrogens with one attached hydrogen (secondary N) is 1. The Morgan fingerprint density at radius 2 is 1.63 bits per heavy atom. The van der Waals surface area contributed by atoms with Crippen molar-refractivity contribution >= 4 is 11.9 Å². The lowest BCUT2D eigenvalue weighted by molar-refractivity contribution is -0.162. The summed E-state index contributed by atoms with van der Waals surface area (Å²) >= 11 is 0. The zero-order valence-electron chi connectivity index (χ0n) is 18.6. The van der Waals surface area contributed by atoms with E-state index in [1.54, 1.807) is 0 Å². The predicted octanol–water partition coefficient (Wildman–Crippen LogP) is 3.31. The zero-order chi connectivity index (χ0) is 21.3. The first-order valence-electron chi connectivity index (χ1n) is 9.79. The van der Waals surface area contributed by atoms with Gasteiger partial charge >= 0.3 is 11.9 Å². The fraction of sp³-hybridized carbons (Fsp3) is 0.810. The van der Waals surface area contributed by atoms with Crippen molar-refractivity contribution in [1.29, 1.82) is 0 Å². The Labute approximate surface area is 165 Å². The molecule has 6 heteroatoms. The van der Waals surface area contributed by atoms with Gasteiger partial charge in [-0.25, -0.2) is 0 Å². The molecule has 6 nitrogen and oxygen atoms in total. The minimum atomic E-state index is -0.521. The van der Waals surface area contributed by atoms with Crippen molar-refractivity contribution in [2.75, 3.05) is 26.2 Å². The van der Waals surface area contributed by atoms with Crippen LogP contribution >= 0.6 is 0 Å². The third-order valence-corrected chi connectivity index (χ3v) is 3.64. The summed E-state index contributed by atoms with van der Waals surface area (Å²) < 4.78 is 10.9. The summed E-state index contributed by atoms with van der Waals surface area (Å²) in [6, 6.07) is -0.325. The molecule has 0 aromatic heterocycles. The van der Waals surface area contributed by atoms with Crippen LogP contribution in [0.4, 0.5) is 0 Å². The monoisotopic (exact) mass is 384 g/mol. The molecule has 0 aromatic rings. The topological polar surface area (TPSA) is 67.9 Å². The summed E-state index contributed by atoms with van der Waals surface area (Å²) in [5.74, 6) is -0.491. The molecule has 0 rings (SSSR count). The van der Waals surface area contributed by atoms with Gasteiger partial charge in [0, 0.05) is 13.1 Å². The molecule has 0 spiro atoms. The number of esters is 2. The van der Waals surface area contributed by atoms with Crippen molar-refractivity contribution in [3.8, 4) is 0 Å². The number of nitrogens with zero attached hydrogens (tertiary/aromatic N) is 1. The Morgan fingerprint density at radius 3 is 2.07 bits per heavy atom. The van der Waals surface area contributed by atoms with Crippen LogP contribution < -0.4 is 5.32 Å². The molecule has 0 bridgehead atoms. The Balaban J connectivity index is 4.73. The van der Waals surface area contributed by atoms with E-state index in [-0.39, 0.29) is 24.5 Å². The van der Waals surface area contributed by atoms with E-state index in [0.29, 0.717) is 26.1 Å². The van der Waals surface area contributed by atoms with Gasteiger partial charge in [0.25, 0.3) is 0 Å². The summed E-state index contributed by atoms with van der Waals surface area (Å²) in [6.45, 7) is 21.2. The van der Waals surface area contributed by atoms with Crippen molar-refractivity contribution in [1.82, 2.24) is 10.2 Å². The van der Waals surface area contributed by atoms with Crippen LogP contribution in [0.3, 0.4) is 0 Å². The first-order valence-corrected chi connectivity index (χ1v) is 9.79. The lowest BCUT2D eigenvalue weighted by Crippen LogP contribution is -2.47. The Bertz CT molecular complexity index is 489. The van der Waals surface area contributed by atoms with Crippen LogP contribution in [-0.2, 0) is 19.1 Å². The highest BCUT2D eigenvalue weighted by atomic mass is 16.6. The maximum atomic E-state index is 12.7. The maximum Gasteiger partial charge on any atom is 0.323 e. The number of likely N-dealkylation sites (N-methyl/N-ethyl adjacent to an activating group) is 1. The fourth-order valence-electron chi connectivity index (χ4n) is 2.53. The number of ether oxygens (including phenoxy) is 2. The first-order chi connectivity index (χ1) is 12.2. The first kappa shape index (κ1) is 25.6.